The molecule has 1 rings (SSSR count). The summed E-state index contributed by atoms with van der Waals surface area (Å²) >= 11 is 0. The predicted octanol–water partition coefficient (Wildman–Crippen LogP) is 2.27. The maximum absolute atomic E-state index is 12.1. The van der Waals surface area contributed by atoms with Crippen molar-refractivity contribution in [3.63, 3.8) is 0 Å². The Morgan fingerprint density at radius 3 is 2.58 bits per heavy atom. The van der Waals surface area contributed by atoms with Crippen LogP contribution in [-0.2, 0) is 9.53 Å². The van der Waals surface area contributed by atoms with Crippen LogP contribution in [0.2, 0.25) is 0 Å². The molecule has 1 aliphatic carbocycles. The molecule has 0 aromatic heterocycles. The highest BCUT2D eigenvalue weighted by atomic mass is 16.5. The van der Waals surface area contributed by atoms with Crippen LogP contribution in [0, 0.1) is 11.3 Å². The molecule has 0 amide bonds. The Morgan fingerprint density at radius 1 is 1.42 bits per heavy atom. The summed E-state index contributed by atoms with van der Waals surface area (Å²) in [6.07, 6.45) is 3.18. The van der Waals surface area contributed by atoms with Gasteiger partial charge in [0.05, 0.1) is 23.7 Å². The van der Waals surface area contributed by atoms with Gasteiger partial charge in [0.25, 0.3) is 0 Å². The fourth-order valence-electron chi connectivity index (χ4n) is 3.17. The fourth-order valence-corrected chi connectivity index (χ4v) is 3.17. The van der Waals surface area contributed by atoms with E-state index in [1.165, 1.54) is 0 Å². The van der Waals surface area contributed by atoms with Crippen molar-refractivity contribution in [2.24, 2.45) is 11.3 Å². The van der Waals surface area contributed by atoms with Crippen molar-refractivity contribution in [2.75, 3.05) is 6.61 Å². The minimum Gasteiger partial charge on any atom is -0.465 e. The third-order valence-electron chi connectivity index (χ3n) is 4.81. The zero-order valence-corrected chi connectivity index (χ0v) is 12.6. The smallest absolute Gasteiger partial charge is 0.314 e. The molecule has 2 N–H and O–H groups in total. The Balaban J connectivity index is 2.78. The van der Waals surface area contributed by atoms with Gasteiger partial charge in [0.2, 0.25) is 0 Å². The molecular weight excluding hydrogens is 244 g/mol. The average Bonchev–Trinajstić information content (AvgIpc) is 2.54. The lowest BCUT2D eigenvalue weighted by atomic mass is 9.72. The lowest BCUT2D eigenvalue weighted by molar-refractivity contribution is -0.171. The maximum atomic E-state index is 12.1. The zero-order valence-electron chi connectivity index (χ0n) is 12.6. The quantitative estimate of drug-likeness (QED) is 0.728. The standard InChI is InChI=1S/C15H28O4/c1-5-7-12(16)10-11-8-9-14(3,15(11,4)18)13(17)19-6-2/h11-12,16,18H,5-10H2,1-4H3/t11-,12?,14-,15-/m0/s1. The molecule has 0 aliphatic heterocycles. The van der Waals surface area contributed by atoms with E-state index in [9.17, 15) is 15.0 Å². The number of carbonyl (C=O) groups excluding carboxylic acids is 1. The Hall–Kier alpha value is -0.610. The van der Waals surface area contributed by atoms with Gasteiger partial charge in [-0.2, -0.15) is 0 Å². The van der Waals surface area contributed by atoms with Gasteiger partial charge in [-0.3, -0.25) is 4.79 Å². The summed E-state index contributed by atoms with van der Waals surface area (Å²) in [7, 11) is 0. The molecular formula is C15H28O4. The van der Waals surface area contributed by atoms with Gasteiger partial charge in [0, 0.05) is 0 Å². The molecule has 0 aromatic rings. The van der Waals surface area contributed by atoms with E-state index in [4.69, 9.17) is 4.74 Å². The van der Waals surface area contributed by atoms with Crippen molar-refractivity contribution in [2.45, 2.75) is 71.5 Å². The van der Waals surface area contributed by atoms with Gasteiger partial charge in [-0.25, -0.2) is 0 Å². The van der Waals surface area contributed by atoms with Crippen LogP contribution in [0.5, 0.6) is 0 Å². The van der Waals surface area contributed by atoms with E-state index in [-0.39, 0.29) is 11.9 Å². The summed E-state index contributed by atoms with van der Waals surface area (Å²) in [5, 5.41) is 20.7. The largest absolute Gasteiger partial charge is 0.465 e. The molecule has 1 fully saturated rings. The van der Waals surface area contributed by atoms with E-state index in [0.29, 0.717) is 19.4 Å². The van der Waals surface area contributed by atoms with E-state index in [1.54, 1.807) is 20.8 Å². The lowest BCUT2D eigenvalue weighted by Gasteiger charge is -2.38. The molecule has 0 spiro atoms. The van der Waals surface area contributed by atoms with Crippen LogP contribution in [0.4, 0.5) is 0 Å². The van der Waals surface area contributed by atoms with E-state index in [2.05, 4.69) is 0 Å². The zero-order chi connectivity index (χ0) is 14.7. The van der Waals surface area contributed by atoms with Crippen molar-refractivity contribution in [3.05, 3.63) is 0 Å². The first-order chi connectivity index (χ1) is 8.79. The summed E-state index contributed by atoms with van der Waals surface area (Å²) in [5.74, 6) is -0.379. The normalized spacial score (nSPS) is 36.2. The number of hydrogen-bond acceptors (Lipinski definition) is 4. The molecule has 0 saturated heterocycles. The highest BCUT2D eigenvalue weighted by Crippen LogP contribution is 2.52. The van der Waals surface area contributed by atoms with E-state index in [1.807, 2.05) is 6.92 Å². The molecule has 4 atom stereocenters. The summed E-state index contributed by atoms with van der Waals surface area (Å²) in [6.45, 7) is 7.61. The molecule has 1 saturated carbocycles. The van der Waals surface area contributed by atoms with Crippen molar-refractivity contribution in [1.29, 1.82) is 0 Å². The molecule has 19 heavy (non-hydrogen) atoms. The van der Waals surface area contributed by atoms with E-state index < -0.39 is 17.1 Å². The second kappa shape index (κ2) is 6.23. The van der Waals surface area contributed by atoms with Crippen molar-refractivity contribution in [1.82, 2.24) is 0 Å². The minimum absolute atomic E-state index is 0.0524. The number of hydrogen-bond donors (Lipinski definition) is 2. The van der Waals surface area contributed by atoms with E-state index >= 15 is 0 Å². The second-order valence-electron chi connectivity index (χ2n) is 6.11. The molecule has 112 valence electrons. The monoisotopic (exact) mass is 272 g/mol. The highest BCUT2D eigenvalue weighted by Gasteiger charge is 2.58. The molecule has 0 aromatic carbocycles. The molecule has 0 radical (unpaired) electrons. The molecule has 1 unspecified atom stereocenters. The first-order valence-electron chi connectivity index (χ1n) is 7.37. The van der Waals surface area contributed by atoms with Crippen LogP contribution in [0.1, 0.15) is 59.8 Å². The van der Waals surface area contributed by atoms with Crippen molar-refractivity contribution >= 4 is 5.97 Å². The third-order valence-corrected chi connectivity index (χ3v) is 4.81. The van der Waals surface area contributed by atoms with Crippen LogP contribution in [0.3, 0.4) is 0 Å². The van der Waals surface area contributed by atoms with Gasteiger partial charge in [-0.15, -0.1) is 0 Å². The summed E-state index contributed by atoms with van der Waals surface area (Å²) in [4.78, 5) is 12.1. The second-order valence-corrected chi connectivity index (χ2v) is 6.11. The number of esters is 1. The van der Waals surface area contributed by atoms with Crippen LogP contribution in [0.25, 0.3) is 0 Å². The summed E-state index contributed by atoms with van der Waals surface area (Å²) < 4.78 is 5.10. The molecule has 1 aliphatic rings. The van der Waals surface area contributed by atoms with Crippen molar-refractivity contribution < 1.29 is 19.7 Å². The lowest BCUT2D eigenvalue weighted by Crippen LogP contribution is -2.50. The molecule has 4 heteroatoms. The third kappa shape index (κ3) is 3.11. The van der Waals surface area contributed by atoms with Gasteiger partial charge in [0.15, 0.2) is 0 Å². The van der Waals surface area contributed by atoms with Crippen molar-refractivity contribution in [3.8, 4) is 0 Å². The van der Waals surface area contributed by atoms with Gasteiger partial charge < -0.3 is 14.9 Å². The minimum atomic E-state index is -1.12. The van der Waals surface area contributed by atoms with Crippen LogP contribution in [-0.4, -0.2) is 34.5 Å². The average molecular weight is 272 g/mol. The number of rotatable bonds is 6. The summed E-state index contributed by atoms with van der Waals surface area (Å²) in [6, 6.07) is 0. The topological polar surface area (TPSA) is 66.8 Å². The number of ether oxygens (including phenoxy) is 1. The molecule has 0 bridgehead atoms. The predicted molar refractivity (Wildman–Crippen MR) is 73.6 cm³/mol. The molecule has 0 heterocycles. The number of carbonyl (C=O) groups is 1. The first kappa shape index (κ1) is 16.4. The Morgan fingerprint density at radius 2 is 2.05 bits per heavy atom. The van der Waals surface area contributed by atoms with Crippen LogP contribution >= 0.6 is 0 Å². The highest BCUT2D eigenvalue weighted by molar-refractivity contribution is 5.78. The van der Waals surface area contributed by atoms with Gasteiger partial charge in [-0.1, -0.05) is 13.3 Å². The Bertz CT molecular complexity index is 313. The summed E-state index contributed by atoms with van der Waals surface area (Å²) in [5.41, 5.74) is -1.98. The molecule has 4 nitrogen and oxygen atoms in total. The number of aliphatic hydroxyl groups is 2. The fraction of sp³-hybridized carbons (Fsp3) is 0.933. The Labute approximate surface area is 116 Å². The number of aliphatic hydroxyl groups excluding tert-OH is 1. The SMILES string of the molecule is CCCC(O)C[C@@H]1CC[C@@](C)(C(=O)OCC)[C@@]1(C)O. The maximum Gasteiger partial charge on any atom is 0.314 e. The van der Waals surface area contributed by atoms with Gasteiger partial charge in [0.1, 0.15) is 0 Å². The van der Waals surface area contributed by atoms with Crippen LogP contribution < -0.4 is 0 Å². The van der Waals surface area contributed by atoms with Gasteiger partial charge >= 0.3 is 5.97 Å². The van der Waals surface area contributed by atoms with Crippen LogP contribution in [0.15, 0.2) is 0 Å². The van der Waals surface area contributed by atoms with Gasteiger partial charge in [-0.05, 0) is 52.4 Å². The Kier molecular flexibility index (Phi) is 5.39. The first-order valence-corrected chi connectivity index (χ1v) is 7.37. The van der Waals surface area contributed by atoms with E-state index in [0.717, 1.165) is 19.3 Å².